The first-order chi connectivity index (χ1) is 14.1. The molecule has 2 heterocycles. The van der Waals surface area contributed by atoms with Crippen molar-refractivity contribution in [2.24, 2.45) is 5.41 Å². The van der Waals surface area contributed by atoms with Crippen LogP contribution in [-0.2, 0) is 22.7 Å². The SMILES string of the molecule is CCCCC(CCCC)(C(=O)NCc1ccccn1)C(=O)NCc1ccccn1. The van der Waals surface area contributed by atoms with Crippen molar-refractivity contribution in [3.05, 3.63) is 60.2 Å². The number of carbonyl (C=O) groups excluding carboxylic acids is 2. The Kier molecular flexibility index (Phi) is 9.28. The molecule has 0 aromatic carbocycles. The van der Waals surface area contributed by atoms with E-state index >= 15 is 0 Å². The Balaban J connectivity index is 2.16. The van der Waals surface area contributed by atoms with Crippen LogP contribution in [0.25, 0.3) is 0 Å². The molecule has 2 aromatic rings. The van der Waals surface area contributed by atoms with E-state index in [-0.39, 0.29) is 11.8 Å². The van der Waals surface area contributed by atoms with Crippen LogP contribution < -0.4 is 10.6 Å². The van der Waals surface area contributed by atoms with Crippen LogP contribution in [0.3, 0.4) is 0 Å². The van der Waals surface area contributed by atoms with Gasteiger partial charge in [-0.25, -0.2) is 0 Å². The second-order valence-corrected chi connectivity index (χ2v) is 7.30. The third kappa shape index (κ3) is 6.66. The van der Waals surface area contributed by atoms with Gasteiger partial charge >= 0.3 is 0 Å². The number of pyridine rings is 2. The third-order valence-electron chi connectivity index (χ3n) is 5.10. The van der Waals surface area contributed by atoms with E-state index in [0.717, 1.165) is 37.1 Å². The van der Waals surface area contributed by atoms with E-state index in [0.29, 0.717) is 25.9 Å². The fourth-order valence-corrected chi connectivity index (χ4v) is 3.32. The molecule has 0 atom stereocenters. The van der Waals surface area contributed by atoms with Gasteiger partial charge in [-0.05, 0) is 37.1 Å². The van der Waals surface area contributed by atoms with Gasteiger partial charge < -0.3 is 10.6 Å². The van der Waals surface area contributed by atoms with Crippen molar-refractivity contribution in [2.75, 3.05) is 0 Å². The summed E-state index contributed by atoms with van der Waals surface area (Å²) in [5, 5.41) is 5.92. The zero-order chi connectivity index (χ0) is 21.0. The minimum atomic E-state index is -1.07. The van der Waals surface area contributed by atoms with E-state index in [1.807, 2.05) is 36.4 Å². The first-order valence-corrected chi connectivity index (χ1v) is 10.5. The van der Waals surface area contributed by atoms with Crippen LogP contribution in [0, 0.1) is 5.41 Å². The maximum Gasteiger partial charge on any atom is 0.236 e. The summed E-state index contributed by atoms with van der Waals surface area (Å²) in [6.45, 7) is 4.77. The normalized spacial score (nSPS) is 11.1. The van der Waals surface area contributed by atoms with Crippen LogP contribution in [-0.4, -0.2) is 21.8 Å². The third-order valence-corrected chi connectivity index (χ3v) is 5.10. The molecule has 29 heavy (non-hydrogen) atoms. The number of nitrogens with one attached hydrogen (secondary N) is 2. The first-order valence-electron chi connectivity index (χ1n) is 10.5. The van der Waals surface area contributed by atoms with E-state index in [1.54, 1.807) is 12.4 Å². The lowest BCUT2D eigenvalue weighted by Gasteiger charge is -2.31. The van der Waals surface area contributed by atoms with Crippen molar-refractivity contribution in [3.63, 3.8) is 0 Å². The van der Waals surface area contributed by atoms with Gasteiger partial charge in [-0.15, -0.1) is 0 Å². The molecule has 6 nitrogen and oxygen atoms in total. The van der Waals surface area contributed by atoms with E-state index < -0.39 is 5.41 Å². The Bertz CT molecular complexity index is 684. The molecular formula is C23H32N4O2. The van der Waals surface area contributed by atoms with Crippen LogP contribution in [0.15, 0.2) is 48.8 Å². The molecule has 0 bridgehead atoms. The minimum absolute atomic E-state index is 0.219. The summed E-state index contributed by atoms with van der Waals surface area (Å²) in [5.74, 6) is -0.438. The number of nitrogens with zero attached hydrogens (tertiary/aromatic N) is 2. The Morgan fingerprint density at radius 3 is 1.59 bits per heavy atom. The highest BCUT2D eigenvalue weighted by atomic mass is 16.2. The maximum atomic E-state index is 13.3. The minimum Gasteiger partial charge on any atom is -0.350 e. The summed E-state index contributed by atoms with van der Waals surface area (Å²) in [6.07, 6.45) is 7.95. The highest BCUT2D eigenvalue weighted by Crippen LogP contribution is 2.32. The Labute approximate surface area is 173 Å². The van der Waals surface area contributed by atoms with Gasteiger partial charge in [0.2, 0.25) is 11.8 Å². The van der Waals surface area contributed by atoms with Gasteiger partial charge in [0.05, 0.1) is 24.5 Å². The van der Waals surface area contributed by atoms with Crippen LogP contribution in [0.2, 0.25) is 0 Å². The van der Waals surface area contributed by atoms with Gasteiger partial charge in [-0.1, -0.05) is 51.7 Å². The molecule has 2 amide bonds. The van der Waals surface area contributed by atoms with Gasteiger partial charge in [0.15, 0.2) is 0 Å². The van der Waals surface area contributed by atoms with Crippen LogP contribution in [0.4, 0.5) is 0 Å². The number of rotatable bonds is 12. The number of aromatic nitrogens is 2. The van der Waals surface area contributed by atoms with Crippen molar-refractivity contribution >= 4 is 11.8 Å². The topological polar surface area (TPSA) is 84.0 Å². The fraction of sp³-hybridized carbons (Fsp3) is 0.478. The van der Waals surface area contributed by atoms with Gasteiger partial charge in [-0.3, -0.25) is 19.6 Å². The summed E-state index contributed by atoms with van der Waals surface area (Å²) >= 11 is 0. The van der Waals surface area contributed by atoms with Crippen LogP contribution in [0.1, 0.15) is 63.8 Å². The molecule has 2 N–H and O–H groups in total. The molecule has 0 aliphatic rings. The molecule has 2 rings (SSSR count). The first kappa shape index (κ1) is 22.5. The molecule has 6 heteroatoms. The predicted molar refractivity (Wildman–Crippen MR) is 114 cm³/mol. The predicted octanol–water partition coefficient (Wildman–Crippen LogP) is 3.78. The van der Waals surface area contributed by atoms with E-state index in [1.165, 1.54) is 0 Å². The van der Waals surface area contributed by atoms with Gasteiger partial charge in [0.25, 0.3) is 0 Å². The maximum absolute atomic E-state index is 13.3. The van der Waals surface area contributed by atoms with E-state index in [9.17, 15) is 9.59 Å². The lowest BCUT2D eigenvalue weighted by Crippen LogP contribution is -2.51. The molecule has 0 aliphatic heterocycles. The number of carbonyl (C=O) groups is 2. The zero-order valence-electron chi connectivity index (χ0n) is 17.5. The molecule has 0 unspecified atom stereocenters. The Morgan fingerprint density at radius 1 is 0.793 bits per heavy atom. The standard InChI is InChI=1S/C23H32N4O2/c1-3-5-13-23(14-6-4-2,21(28)26-17-19-11-7-9-15-24-19)22(29)27-18-20-12-8-10-16-25-20/h7-12,15-16H,3-6,13-14,17-18H2,1-2H3,(H,26,28)(H,27,29). The summed E-state index contributed by atoms with van der Waals surface area (Å²) < 4.78 is 0. The lowest BCUT2D eigenvalue weighted by atomic mass is 9.76. The molecule has 2 aromatic heterocycles. The second-order valence-electron chi connectivity index (χ2n) is 7.30. The Hall–Kier alpha value is -2.76. The molecule has 0 saturated heterocycles. The van der Waals surface area contributed by atoms with Crippen molar-refractivity contribution in [3.8, 4) is 0 Å². The molecule has 156 valence electrons. The molecular weight excluding hydrogens is 364 g/mol. The van der Waals surface area contributed by atoms with Crippen LogP contribution >= 0.6 is 0 Å². The summed E-state index contributed by atoms with van der Waals surface area (Å²) in [6, 6.07) is 11.2. The van der Waals surface area contributed by atoms with Crippen molar-refractivity contribution in [1.29, 1.82) is 0 Å². The van der Waals surface area contributed by atoms with E-state index in [2.05, 4.69) is 34.4 Å². The molecule has 0 radical (unpaired) electrons. The quantitative estimate of drug-likeness (QED) is 0.535. The van der Waals surface area contributed by atoms with Gasteiger partial charge in [0.1, 0.15) is 5.41 Å². The van der Waals surface area contributed by atoms with Gasteiger partial charge in [-0.2, -0.15) is 0 Å². The van der Waals surface area contributed by atoms with Crippen molar-refractivity contribution in [1.82, 2.24) is 20.6 Å². The number of unbranched alkanes of at least 4 members (excludes halogenated alkanes) is 2. The Morgan fingerprint density at radius 2 is 1.24 bits per heavy atom. The average Bonchev–Trinajstić information content (AvgIpc) is 2.77. The van der Waals surface area contributed by atoms with Gasteiger partial charge in [0, 0.05) is 12.4 Å². The lowest BCUT2D eigenvalue weighted by molar-refractivity contribution is -0.145. The summed E-state index contributed by atoms with van der Waals surface area (Å²) in [4.78, 5) is 35.1. The monoisotopic (exact) mass is 396 g/mol. The van der Waals surface area contributed by atoms with E-state index in [4.69, 9.17) is 0 Å². The summed E-state index contributed by atoms with van der Waals surface area (Å²) in [5.41, 5.74) is 0.472. The molecule has 0 aliphatic carbocycles. The van der Waals surface area contributed by atoms with Crippen molar-refractivity contribution in [2.45, 2.75) is 65.5 Å². The number of hydrogen-bond acceptors (Lipinski definition) is 4. The zero-order valence-corrected chi connectivity index (χ0v) is 17.5. The fourth-order valence-electron chi connectivity index (χ4n) is 3.32. The highest BCUT2D eigenvalue weighted by Gasteiger charge is 2.44. The summed E-state index contributed by atoms with van der Waals surface area (Å²) in [7, 11) is 0. The number of amides is 2. The van der Waals surface area contributed by atoms with Crippen LogP contribution in [0.5, 0.6) is 0 Å². The van der Waals surface area contributed by atoms with Crippen molar-refractivity contribution < 1.29 is 9.59 Å². The molecule has 0 spiro atoms. The average molecular weight is 397 g/mol. The molecule has 0 fully saturated rings. The largest absolute Gasteiger partial charge is 0.350 e. The second kappa shape index (κ2) is 11.9. The molecule has 0 saturated carbocycles. The smallest absolute Gasteiger partial charge is 0.236 e. The highest BCUT2D eigenvalue weighted by molar-refractivity contribution is 6.05. The number of hydrogen-bond donors (Lipinski definition) is 2.